The van der Waals surface area contributed by atoms with Crippen LogP contribution in [0.5, 0.6) is 0 Å². The molecule has 4 nitrogen and oxygen atoms in total. The van der Waals surface area contributed by atoms with Crippen molar-refractivity contribution in [1.82, 2.24) is 5.16 Å². The highest BCUT2D eigenvalue weighted by molar-refractivity contribution is 8.13. The van der Waals surface area contributed by atoms with Crippen LogP contribution in [0.1, 0.15) is 5.69 Å². The summed E-state index contributed by atoms with van der Waals surface area (Å²) >= 11 is 5.62. The maximum absolute atomic E-state index is 13.0. The molecule has 0 amide bonds. The maximum atomic E-state index is 13.0. The van der Waals surface area contributed by atoms with Gasteiger partial charge in [0.25, 0.3) is 0 Å². The van der Waals surface area contributed by atoms with Gasteiger partial charge in [-0.15, -0.1) is 0 Å². The molecule has 0 N–H and O–H groups in total. The molecule has 0 aliphatic heterocycles. The van der Waals surface area contributed by atoms with Crippen LogP contribution in [0.25, 0.3) is 11.3 Å². The van der Waals surface area contributed by atoms with Crippen molar-refractivity contribution < 1.29 is 17.3 Å². The average Bonchev–Trinajstić information content (AvgIpc) is 2.68. The molecule has 18 heavy (non-hydrogen) atoms. The smallest absolute Gasteiger partial charge is 0.238 e. The van der Waals surface area contributed by atoms with E-state index in [2.05, 4.69) is 5.16 Å². The fourth-order valence-corrected chi connectivity index (χ4v) is 2.35. The Labute approximate surface area is 112 Å². The zero-order valence-corrected chi connectivity index (χ0v) is 11.1. The third-order valence-corrected chi connectivity index (χ3v) is 3.34. The van der Waals surface area contributed by atoms with Crippen LogP contribution in [-0.4, -0.2) is 13.6 Å². The van der Waals surface area contributed by atoms with E-state index in [0.29, 0.717) is 5.56 Å². The molecule has 0 aliphatic rings. The van der Waals surface area contributed by atoms with Gasteiger partial charge in [0, 0.05) is 22.3 Å². The summed E-state index contributed by atoms with van der Waals surface area (Å²) in [6.45, 7) is 0. The zero-order chi connectivity index (χ0) is 13.3. The summed E-state index contributed by atoms with van der Waals surface area (Å²) in [7, 11) is 1.39. The van der Waals surface area contributed by atoms with Crippen LogP contribution in [0.15, 0.2) is 28.8 Å². The second-order valence-electron chi connectivity index (χ2n) is 3.49. The van der Waals surface area contributed by atoms with Gasteiger partial charge in [-0.3, -0.25) is 0 Å². The van der Waals surface area contributed by atoms with E-state index in [1.807, 2.05) is 0 Å². The number of hydrogen-bond acceptors (Lipinski definition) is 4. The summed E-state index contributed by atoms with van der Waals surface area (Å²) in [6, 6.07) is 5.39. The normalized spacial score (nSPS) is 11.7. The second kappa shape index (κ2) is 4.87. The molecule has 0 aliphatic carbocycles. The highest BCUT2D eigenvalue weighted by Gasteiger charge is 2.14. The molecule has 0 unspecified atom stereocenters. The Morgan fingerprint density at radius 2 is 2.06 bits per heavy atom. The molecule has 8 heteroatoms. The molecule has 0 fully saturated rings. The summed E-state index contributed by atoms with van der Waals surface area (Å²) in [5.41, 5.74) is 0.660. The molecule has 2 aromatic rings. The number of aromatic nitrogens is 1. The van der Waals surface area contributed by atoms with Gasteiger partial charge in [-0.1, -0.05) is 16.8 Å². The van der Waals surface area contributed by atoms with Crippen molar-refractivity contribution in [2.45, 2.75) is 5.75 Å². The van der Waals surface area contributed by atoms with E-state index in [1.54, 1.807) is 0 Å². The lowest BCUT2D eigenvalue weighted by molar-refractivity contribution is 0.426. The van der Waals surface area contributed by atoms with E-state index in [-0.39, 0.29) is 16.5 Å². The summed E-state index contributed by atoms with van der Waals surface area (Å²) in [4.78, 5) is 0. The molecule has 96 valence electrons. The first-order chi connectivity index (χ1) is 8.35. The number of halogens is 3. The predicted molar refractivity (Wildman–Crippen MR) is 65.4 cm³/mol. The molecule has 0 bridgehead atoms. The van der Waals surface area contributed by atoms with E-state index in [9.17, 15) is 12.8 Å². The van der Waals surface area contributed by atoms with Crippen LogP contribution in [0, 0.1) is 5.82 Å². The molecule has 1 aromatic carbocycles. The topological polar surface area (TPSA) is 60.2 Å². The minimum atomic E-state index is -3.70. The Balaban J connectivity index is 2.32. The van der Waals surface area contributed by atoms with Gasteiger partial charge in [0.15, 0.2) is 5.76 Å². The van der Waals surface area contributed by atoms with Crippen molar-refractivity contribution in [3.8, 4) is 11.3 Å². The van der Waals surface area contributed by atoms with E-state index in [4.69, 9.17) is 26.8 Å². The van der Waals surface area contributed by atoms with Gasteiger partial charge in [0.1, 0.15) is 17.3 Å². The quantitative estimate of drug-likeness (QED) is 0.817. The van der Waals surface area contributed by atoms with Gasteiger partial charge >= 0.3 is 0 Å². The summed E-state index contributed by atoms with van der Waals surface area (Å²) in [5.74, 6) is -0.705. The van der Waals surface area contributed by atoms with Crippen LogP contribution in [0.3, 0.4) is 0 Å². The monoisotopic (exact) mass is 309 g/mol. The van der Waals surface area contributed by atoms with Gasteiger partial charge in [-0.25, -0.2) is 12.8 Å². The molecule has 0 saturated heterocycles. The van der Waals surface area contributed by atoms with E-state index in [0.717, 1.165) is 0 Å². The molecule has 1 heterocycles. The largest absolute Gasteiger partial charge is 0.356 e. The lowest BCUT2D eigenvalue weighted by Gasteiger charge is -1.97. The van der Waals surface area contributed by atoms with Crippen molar-refractivity contribution in [1.29, 1.82) is 0 Å². The molecule has 2 rings (SSSR count). The number of benzene rings is 1. The van der Waals surface area contributed by atoms with Gasteiger partial charge < -0.3 is 4.52 Å². The van der Waals surface area contributed by atoms with E-state index < -0.39 is 20.6 Å². The first-order valence-electron chi connectivity index (χ1n) is 4.68. The highest BCUT2D eigenvalue weighted by Crippen LogP contribution is 2.26. The first kappa shape index (κ1) is 13.3. The molecule has 1 aromatic heterocycles. The lowest BCUT2D eigenvalue weighted by atomic mass is 10.1. The van der Waals surface area contributed by atoms with Crippen LogP contribution in [0.2, 0.25) is 5.02 Å². The Kier molecular flexibility index (Phi) is 3.61. The Morgan fingerprint density at radius 3 is 2.67 bits per heavy atom. The predicted octanol–water partition coefficient (Wildman–Crippen LogP) is 3.20. The molecule has 0 radical (unpaired) electrons. The Hall–Kier alpha value is -1.11. The van der Waals surface area contributed by atoms with Crippen molar-refractivity contribution in [2.75, 3.05) is 0 Å². The average molecular weight is 310 g/mol. The van der Waals surface area contributed by atoms with Crippen molar-refractivity contribution in [3.63, 3.8) is 0 Å². The van der Waals surface area contributed by atoms with Crippen molar-refractivity contribution >= 4 is 31.3 Å². The molecule has 0 spiro atoms. The lowest BCUT2D eigenvalue weighted by Crippen LogP contribution is -1.94. The number of hydrogen-bond donors (Lipinski definition) is 0. The zero-order valence-electron chi connectivity index (χ0n) is 8.73. The second-order valence-corrected chi connectivity index (χ2v) is 6.68. The van der Waals surface area contributed by atoms with E-state index >= 15 is 0 Å². The van der Waals surface area contributed by atoms with Crippen LogP contribution in [-0.2, 0) is 14.8 Å². The molecule has 0 saturated carbocycles. The minimum absolute atomic E-state index is 0.0598. The summed E-state index contributed by atoms with van der Waals surface area (Å²) in [5, 5.41) is 3.49. The van der Waals surface area contributed by atoms with Gasteiger partial charge in [-0.05, 0) is 18.2 Å². The van der Waals surface area contributed by atoms with Crippen LogP contribution < -0.4 is 0 Å². The van der Waals surface area contributed by atoms with Crippen molar-refractivity contribution in [2.24, 2.45) is 0 Å². The third-order valence-electron chi connectivity index (χ3n) is 2.08. The Morgan fingerprint density at radius 1 is 1.33 bits per heavy atom. The van der Waals surface area contributed by atoms with E-state index in [1.165, 1.54) is 24.3 Å². The Bertz CT molecular complexity index is 684. The SMILES string of the molecule is O=S(=O)(Cl)Cc1cc(-c2ccc(F)c(Cl)c2)on1. The minimum Gasteiger partial charge on any atom is -0.356 e. The van der Waals surface area contributed by atoms with Crippen LogP contribution >= 0.6 is 22.3 Å². The van der Waals surface area contributed by atoms with Gasteiger partial charge in [0.2, 0.25) is 9.05 Å². The fourth-order valence-electron chi connectivity index (χ4n) is 1.34. The summed E-state index contributed by atoms with van der Waals surface area (Å²) < 4.78 is 39.6. The third kappa shape index (κ3) is 3.22. The van der Waals surface area contributed by atoms with Gasteiger partial charge in [-0.2, -0.15) is 0 Å². The first-order valence-corrected chi connectivity index (χ1v) is 7.54. The fraction of sp³-hybridized carbons (Fsp3) is 0.100. The standard InChI is InChI=1S/C10H6Cl2FNO3S/c11-8-3-6(1-2-9(8)13)10-4-7(14-17-10)5-18(12,15)16/h1-4H,5H2. The molecular formula is C10H6Cl2FNO3S. The van der Waals surface area contributed by atoms with Gasteiger partial charge in [0.05, 0.1) is 5.02 Å². The van der Waals surface area contributed by atoms with Crippen LogP contribution in [0.4, 0.5) is 4.39 Å². The molecular weight excluding hydrogens is 304 g/mol. The summed E-state index contributed by atoms with van der Waals surface area (Å²) in [6.07, 6.45) is 0. The molecule has 0 atom stereocenters. The number of nitrogens with zero attached hydrogens (tertiary/aromatic N) is 1. The highest BCUT2D eigenvalue weighted by atomic mass is 35.7. The maximum Gasteiger partial charge on any atom is 0.238 e. The van der Waals surface area contributed by atoms with Crippen molar-refractivity contribution in [3.05, 3.63) is 40.8 Å². The number of rotatable bonds is 3.